The van der Waals surface area contributed by atoms with Crippen molar-refractivity contribution < 1.29 is 29.4 Å². The summed E-state index contributed by atoms with van der Waals surface area (Å²) in [5, 5.41) is 21.0. The van der Waals surface area contributed by atoms with Crippen molar-refractivity contribution in [3.05, 3.63) is 65.2 Å². The lowest BCUT2D eigenvalue weighted by atomic mass is 9.65. The van der Waals surface area contributed by atoms with E-state index in [1.54, 1.807) is 5.48 Å². The normalized spacial score (nSPS) is 28.0. The fourth-order valence-electron chi connectivity index (χ4n) is 7.84. The number of nitrogens with zero attached hydrogens (tertiary/aromatic N) is 1. The SMILES string of the molecule is CC1(C)CC2CC(C)(CN2C[C@@H]2C[C@H](c3ccc(CO)cc3)O[C@H](c3ccc(NC(=O)CCCCCC(=O)NO)cc3)O2)C1. The Morgan fingerprint density at radius 3 is 2.27 bits per heavy atom. The third-order valence-electron chi connectivity index (χ3n) is 9.48. The van der Waals surface area contributed by atoms with Crippen LogP contribution in [0.3, 0.4) is 0 Å². The summed E-state index contributed by atoms with van der Waals surface area (Å²) in [6.07, 6.45) is 6.46. The molecule has 9 heteroatoms. The Kier molecular flexibility index (Phi) is 10.4. The molecule has 2 aromatic rings. The number of amides is 2. The van der Waals surface area contributed by atoms with Gasteiger partial charge in [-0.2, -0.15) is 0 Å². The lowest BCUT2D eigenvalue weighted by molar-refractivity contribution is -0.253. The molecule has 3 aliphatic rings. The Hall–Kier alpha value is -2.82. The zero-order valence-electron chi connectivity index (χ0n) is 26.4. The van der Waals surface area contributed by atoms with Crippen LogP contribution >= 0.6 is 0 Å². The molecule has 2 bridgehead atoms. The lowest BCUT2D eigenvalue weighted by Gasteiger charge is -2.41. The van der Waals surface area contributed by atoms with Crippen LogP contribution in [0.5, 0.6) is 0 Å². The Labute approximate surface area is 261 Å². The zero-order valence-corrected chi connectivity index (χ0v) is 26.4. The highest BCUT2D eigenvalue weighted by Gasteiger charge is 2.50. The first-order valence-corrected chi connectivity index (χ1v) is 16.1. The van der Waals surface area contributed by atoms with E-state index in [0.717, 1.165) is 42.6 Å². The average molecular weight is 608 g/mol. The fourth-order valence-corrected chi connectivity index (χ4v) is 7.84. The number of rotatable bonds is 12. The first-order chi connectivity index (χ1) is 21.0. The number of hydrogen-bond donors (Lipinski definition) is 4. The van der Waals surface area contributed by atoms with E-state index in [2.05, 4.69) is 31.0 Å². The number of nitrogens with one attached hydrogen (secondary N) is 2. The molecule has 0 radical (unpaired) electrons. The summed E-state index contributed by atoms with van der Waals surface area (Å²) in [6, 6.07) is 16.2. The highest BCUT2D eigenvalue weighted by Crippen LogP contribution is 2.53. The molecule has 3 fully saturated rings. The predicted octanol–water partition coefficient (Wildman–Crippen LogP) is 6.02. The summed E-state index contributed by atoms with van der Waals surface area (Å²) in [5.74, 6) is -0.483. The summed E-state index contributed by atoms with van der Waals surface area (Å²) in [5.41, 5.74) is 5.90. The molecule has 0 aromatic heterocycles. The number of aliphatic hydroxyl groups excluding tert-OH is 1. The van der Waals surface area contributed by atoms with Crippen molar-refractivity contribution in [3.8, 4) is 0 Å². The number of carbonyl (C=O) groups excluding carboxylic acids is 2. The number of fused-ring (bicyclic) bond motifs is 2. The van der Waals surface area contributed by atoms with Gasteiger partial charge in [-0.25, -0.2) is 5.48 Å². The van der Waals surface area contributed by atoms with Crippen molar-refractivity contribution >= 4 is 17.5 Å². The van der Waals surface area contributed by atoms with Gasteiger partial charge in [0.15, 0.2) is 6.29 Å². The van der Waals surface area contributed by atoms with Gasteiger partial charge >= 0.3 is 0 Å². The van der Waals surface area contributed by atoms with Gasteiger partial charge in [-0.1, -0.05) is 63.6 Å². The van der Waals surface area contributed by atoms with E-state index in [1.165, 1.54) is 19.3 Å². The maximum absolute atomic E-state index is 12.4. The number of benzene rings is 2. The monoisotopic (exact) mass is 607 g/mol. The van der Waals surface area contributed by atoms with Crippen LogP contribution in [0.25, 0.3) is 0 Å². The van der Waals surface area contributed by atoms with Crippen molar-refractivity contribution in [2.24, 2.45) is 10.8 Å². The van der Waals surface area contributed by atoms with Gasteiger partial charge in [-0.3, -0.25) is 19.7 Å². The molecule has 2 aliphatic heterocycles. The first-order valence-electron chi connectivity index (χ1n) is 16.1. The number of ether oxygens (including phenoxy) is 2. The standard InChI is InChI=1S/C35H49N3O6/c1-34(2)18-28-19-35(3,22-34)23-38(28)20-29-17-30(25-11-9-24(21-39)10-12-25)44-33(43-29)26-13-15-27(16-14-26)36-31(40)7-5-4-6-8-32(41)37-42/h9-16,28-30,33,39,42H,4-8,17-23H2,1-3H3,(H,36,40)(H,37,41)/t28?,29-,30+,33+,35?/m0/s1. The average Bonchev–Trinajstić information content (AvgIpc) is 3.23. The maximum atomic E-state index is 12.4. The van der Waals surface area contributed by atoms with E-state index in [0.29, 0.717) is 41.8 Å². The van der Waals surface area contributed by atoms with Crippen LogP contribution in [0.4, 0.5) is 5.69 Å². The molecular weight excluding hydrogens is 558 g/mol. The second-order valence-corrected chi connectivity index (χ2v) is 14.3. The van der Waals surface area contributed by atoms with Crippen LogP contribution < -0.4 is 10.8 Å². The molecule has 240 valence electrons. The molecule has 2 amide bonds. The number of unbranched alkanes of at least 4 members (excludes halogenated alkanes) is 2. The Bertz CT molecular complexity index is 1270. The van der Waals surface area contributed by atoms with Gasteiger partial charge in [0.1, 0.15) is 0 Å². The summed E-state index contributed by atoms with van der Waals surface area (Å²) < 4.78 is 13.2. The summed E-state index contributed by atoms with van der Waals surface area (Å²) in [4.78, 5) is 26.2. The molecule has 9 nitrogen and oxygen atoms in total. The number of hydrogen-bond acceptors (Lipinski definition) is 7. The fraction of sp³-hybridized carbons (Fsp3) is 0.600. The molecule has 5 rings (SSSR count). The van der Waals surface area contributed by atoms with Gasteiger partial charge in [0, 0.05) is 49.6 Å². The molecule has 1 saturated carbocycles. The second kappa shape index (κ2) is 14.1. The minimum atomic E-state index is -0.536. The largest absolute Gasteiger partial charge is 0.392 e. The number of anilines is 1. The van der Waals surface area contributed by atoms with Crippen LogP contribution in [0.1, 0.15) is 108 Å². The molecule has 44 heavy (non-hydrogen) atoms. The molecular formula is C35H49N3O6. The van der Waals surface area contributed by atoms with Gasteiger partial charge in [-0.15, -0.1) is 0 Å². The van der Waals surface area contributed by atoms with Gasteiger partial charge in [-0.05, 0) is 66.2 Å². The molecule has 2 saturated heterocycles. The van der Waals surface area contributed by atoms with Gasteiger partial charge in [0.2, 0.25) is 11.8 Å². The Morgan fingerprint density at radius 1 is 0.909 bits per heavy atom. The Balaban J connectivity index is 1.23. The molecule has 2 aromatic carbocycles. The zero-order chi connectivity index (χ0) is 31.3. The van der Waals surface area contributed by atoms with Crippen LogP contribution in [0.15, 0.2) is 48.5 Å². The van der Waals surface area contributed by atoms with E-state index in [9.17, 15) is 14.7 Å². The van der Waals surface area contributed by atoms with Crippen LogP contribution in [0, 0.1) is 10.8 Å². The van der Waals surface area contributed by atoms with E-state index in [4.69, 9.17) is 14.7 Å². The van der Waals surface area contributed by atoms with Crippen LogP contribution in [-0.4, -0.2) is 52.3 Å². The van der Waals surface area contributed by atoms with Gasteiger partial charge < -0.3 is 19.9 Å². The summed E-state index contributed by atoms with van der Waals surface area (Å²) in [6.45, 7) is 9.25. The minimum absolute atomic E-state index is 0.00478. The van der Waals surface area contributed by atoms with Crippen molar-refractivity contribution in [2.75, 3.05) is 18.4 Å². The highest BCUT2D eigenvalue weighted by molar-refractivity contribution is 5.90. The number of aliphatic hydroxyl groups is 1. The third-order valence-corrected chi connectivity index (χ3v) is 9.48. The Morgan fingerprint density at radius 2 is 1.59 bits per heavy atom. The molecule has 5 atom stereocenters. The van der Waals surface area contributed by atoms with Crippen molar-refractivity contribution in [2.45, 2.75) is 110 Å². The van der Waals surface area contributed by atoms with Crippen molar-refractivity contribution in [1.29, 1.82) is 0 Å². The topological polar surface area (TPSA) is 120 Å². The first kappa shape index (κ1) is 32.6. The summed E-state index contributed by atoms with van der Waals surface area (Å²) >= 11 is 0. The van der Waals surface area contributed by atoms with Crippen LogP contribution in [0.2, 0.25) is 0 Å². The number of likely N-dealkylation sites (tertiary alicyclic amines) is 1. The van der Waals surface area contributed by atoms with Crippen molar-refractivity contribution in [3.63, 3.8) is 0 Å². The summed E-state index contributed by atoms with van der Waals surface area (Å²) in [7, 11) is 0. The second-order valence-electron chi connectivity index (χ2n) is 14.3. The molecule has 1 aliphatic carbocycles. The van der Waals surface area contributed by atoms with E-state index in [1.807, 2.05) is 48.5 Å². The maximum Gasteiger partial charge on any atom is 0.243 e. The smallest absolute Gasteiger partial charge is 0.243 e. The number of hydroxylamine groups is 1. The van der Waals surface area contributed by atoms with Gasteiger partial charge in [0.25, 0.3) is 0 Å². The predicted molar refractivity (Wildman–Crippen MR) is 168 cm³/mol. The van der Waals surface area contributed by atoms with Crippen molar-refractivity contribution in [1.82, 2.24) is 10.4 Å². The molecule has 2 unspecified atom stereocenters. The van der Waals surface area contributed by atoms with E-state index >= 15 is 0 Å². The quantitative estimate of drug-likeness (QED) is 0.132. The minimum Gasteiger partial charge on any atom is -0.392 e. The third kappa shape index (κ3) is 8.46. The number of carbonyl (C=O) groups is 2. The van der Waals surface area contributed by atoms with E-state index in [-0.39, 0.29) is 31.1 Å². The molecule has 0 spiro atoms. The highest BCUT2D eigenvalue weighted by atomic mass is 16.7. The lowest BCUT2D eigenvalue weighted by Crippen LogP contribution is -2.42. The molecule has 2 heterocycles. The van der Waals surface area contributed by atoms with Gasteiger partial charge in [0.05, 0.1) is 18.8 Å². The molecule has 4 N–H and O–H groups in total. The van der Waals surface area contributed by atoms with E-state index < -0.39 is 12.2 Å². The van der Waals surface area contributed by atoms with Crippen LogP contribution in [-0.2, 0) is 25.7 Å².